The van der Waals surface area contributed by atoms with E-state index >= 15 is 0 Å². The third-order valence-corrected chi connectivity index (χ3v) is 3.61. The van der Waals surface area contributed by atoms with E-state index in [-0.39, 0.29) is 0 Å². The Labute approximate surface area is 128 Å². The van der Waals surface area contributed by atoms with Gasteiger partial charge in [-0.15, -0.1) is 0 Å². The lowest BCUT2D eigenvalue weighted by Gasteiger charge is -2.16. The summed E-state index contributed by atoms with van der Waals surface area (Å²) in [6, 6.07) is 13.4. The van der Waals surface area contributed by atoms with Gasteiger partial charge in [0.05, 0.1) is 7.11 Å². The number of hydrogen-bond donors (Lipinski definition) is 1. The summed E-state index contributed by atoms with van der Waals surface area (Å²) in [7, 11) is 1.73. The smallest absolute Gasteiger partial charge is 0.126 e. The fourth-order valence-corrected chi connectivity index (χ4v) is 2.44. The monoisotopic (exact) mass is 283 g/mol. The molecule has 0 aliphatic heterocycles. The van der Waals surface area contributed by atoms with Crippen molar-refractivity contribution < 1.29 is 4.74 Å². The lowest BCUT2D eigenvalue weighted by Crippen LogP contribution is -2.22. The van der Waals surface area contributed by atoms with Gasteiger partial charge in [-0.1, -0.05) is 49.2 Å². The van der Waals surface area contributed by atoms with E-state index in [0.29, 0.717) is 6.04 Å². The van der Waals surface area contributed by atoms with Gasteiger partial charge >= 0.3 is 0 Å². The number of hydrogen-bond acceptors (Lipinski definition) is 2. The zero-order valence-electron chi connectivity index (χ0n) is 13.7. The first-order chi connectivity index (χ1) is 10.0. The Morgan fingerprint density at radius 1 is 0.952 bits per heavy atom. The minimum atomic E-state index is 0.471. The predicted molar refractivity (Wildman–Crippen MR) is 89.9 cm³/mol. The van der Waals surface area contributed by atoms with Crippen molar-refractivity contribution in [3.05, 3.63) is 53.1 Å². The lowest BCUT2D eigenvalue weighted by atomic mass is 9.95. The molecule has 0 heterocycles. The number of methoxy groups -OCH3 is 1. The molecule has 0 saturated heterocycles. The van der Waals surface area contributed by atoms with Crippen LogP contribution in [0.1, 0.15) is 30.5 Å². The molecule has 2 aromatic rings. The normalized spacial score (nSPS) is 11.0. The van der Waals surface area contributed by atoms with E-state index in [2.05, 4.69) is 63.3 Å². The SMILES string of the molecule is COc1ccc(C)cc1-c1cc(C)ccc1CNC(C)C. The summed E-state index contributed by atoms with van der Waals surface area (Å²) in [5.41, 5.74) is 6.24. The van der Waals surface area contributed by atoms with E-state index in [1.54, 1.807) is 7.11 Å². The maximum absolute atomic E-state index is 5.55. The molecule has 0 radical (unpaired) electrons. The fraction of sp³-hybridized carbons (Fsp3) is 0.368. The van der Waals surface area contributed by atoms with Crippen molar-refractivity contribution in [3.8, 4) is 16.9 Å². The Kier molecular flexibility index (Phi) is 5.03. The van der Waals surface area contributed by atoms with E-state index in [4.69, 9.17) is 4.74 Å². The van der Waals surface area contributed by atoms with Gasteiger partial charge in [0.15, 0.2) is 0 Å². The number of nitrogens with one attached hydrogen (secondary N) is 1. The predicted octanol–water partition coefficient (Wildman–Crippen LogP) is 4.48. The minimum absolute atomic E-state index is 0.471. The van der Waals surface area contributed by atoms with Gasteiger partial charge in [0, 0.05) is 18.2 Å². The molecule has 0 aliphatic carbocycles. The van der Waals surface area contributed by atoms with Crippen molar-refractivity contribution in [2.24, 2.45) is 0 Å². The van der Waals surface area contributed by atoms with Crippen LogP contribution in [0.3, 0.4) is 0 Å². The summed E-state index contributed by atoms with van der Waals surface area (Å²) in [4.78, 5) is 0. The number of rotatable bonds is 5. The van der Waals surface area contributed by atoms with Gasteiger partial charge in [-0.3, -0.25) is 0 Å². The van der Waals surface area contributed by atoms with Crippen LogP contribution in [0.25, 0.3) is 11.1 Å². The Morgan fingerprint density at radius 2 is 1.57 bits per heavy atom. The average Bonchev–Trinajstić information content (AvgIpc) is 2.45. The van der Waals surface area contributed by atoms with Crippen LogP contribution in [0.4, 0.5) is 0 Å². The summed E-state index contributed by atoms with van der Waals surface area (Å²) in [5, 5.41) is 3.50. The fourth-order valence-electron chi connectivity index (χ4n) is 2.44. The van der Waals surface area contributed by atoms with Crippen LogP contribution in [-0.2, 0) is 6.54 Å². The standard InChI is InChI=1S/C19H25NO/c1-13(2)20-12-16-8-6-14(3)10-17(16)18-11-15(4)7-9-19(18)21-5/h6-11,13,20H,12H2,1-5H3. The molecule has 1 N–H and O–H groups in total. The second-order valence-corrected chi connectivity index (χ2v) is 5.90. The highest BCUT2D eigenvalue weighted by Gasteiger charge is 2.11. The van der Waals surface area contributed by atoms with E-state index in [0.717, 1.165) is 12.3 Å². The van der Waals surface area contributed by atoms with Crippen molar-refractivity contribution in [2.75, 3.05) is 7.11 Å². The van der Waals surface area contributed by atoms with Gasteiger partial charge in [0.25, 0.3) is 0 Å². The first kappa shape index (κ1) is 15.6. The van der Waals surface area contributed by atoms with Crippen molar-refractivity contribution in [3.63, 3.8) is 0 Å². The summed E-state index contributed by atoms with van der Waals surface area (Å²) in [6.45, 7) is 9.45. The largest absolute Gasteiger partial charge is 0.496 e. The van der Waals surface area contributed by atoms with Crippen LogP contribution in [0, 0.1) is 13.8 Å². The molecule has 0 amide bonds. The summed E-state index contributed by atoms with van der Waals surface area (Å²) in [5.74, 6) is 0.928. The Morgan fingerprint density at radius 3 is 2.19 bits per heavy atom. The van der Waals surface area contributed by atoms with Crippen molar-refractivity contribution >= 4 is 0 Å². The van der Waals surface area contributed by atoms with Crippen molar-refractivity contribution in [2.45, 2.75) is 40.3 Å². The highest BCUT2D eigenvalue weighted by atomic mass is 16.5. The zero-order chi connectivity index (χ0) is 15.4. The van der Waals surface area contributed by atoms with Crippen LogP contribution in [0.15, 0.2) is 36.4 Å². The molecule has 112 valence electrons. The molecular weight excluding hydrogens is 258 g/mol. The van der Waals surface area contributed by atoms with Crippen LogP contribution in [0.2, 0.25) is 0 Å². The molecular formula is C19H25NO. The number of aryl methyl sites for hydroxylation is 2. The summed E-state index contributed by atoms with van der Waals surface area (Å²) >= 11 is 0. The molecule has 0 aromatic heterocycles. The number of ether oxygens (including phenoxy) is 1. The maximum Gasteiger partial charge on any atom is 0.126 e. The van der Waals surface area contributed by atoms with Gasteiger partial charge in [0.1, 0.15) is 5.75 Å². The lowest BCUT2D eigenvalue weighted by molar-refractivity contribution is 0.416. The summed E-state index contributed by atoms with van der Waals surface area (Å²) in [6.07, 6.45) is 0. The van der Waals surface area contributed by atoms with Gasteiger partial charge < -0.3 is 10.1 Å². The molecule has 0 atom stereocenters. The molecule has 0 aliphatic rings. The Bertz CT molecular complexity index is 617. The van der Waals surface area contributed by atoms with Gasteiger partial charge in [0.2, 0.25) is 0 Å². The molecule has 0 fully saturated rings. The van der Waals surface area contributed by atoms with Crippen LogP contribution in [-0.4, -0.2) is 13.2 Å². The molecule has 2 rings (SSSR count). The first-order valence-electron chi connectivity index (χ1n) is 7.49. The van der Waals surface area contributed by atoms with E-state index in [1.165, 1.54) is 27.8 Å². The Balaban J connectivity index is 2.51. The first-order valence-corrected chi connectivity index (χ1v) is 7.49. The quantitative estimate of drug-likeness (QED) is 0.873. The van der Waals surface area contributed by atoms with Crippen LogP contribution in [0.5, 0.6) is 5.75 Å². The summed E-state index contributed by atoms with van der Waals surface area (Å²) < 4.78 is 5.55. The van der Waals surface area contributed by atoms with Gasteiger partial charge in [-0.25, -0.2) is 0 Å². The molecule has 2 nitrogen and oxygen atoms in total. The molecule has 2 aromatic carbocycles. The minimum Gasteiger partial charge on any atom is -0.496 e. The highest BCUT2D eigenvalue weighted by molar-refractivity contribution is 5.74. The molecule has 0 saturated carbocycles. The van der Waals surface area contributed by atoms with Gasteiger partial charge in [-0.05, 0) is 37.1 Å². The second-order valence-electron chi connectivity index (χ2n) is 5.90. The third-order valence-electron chi connectivity index (χ3n) is 3.61. The molecule has 21 heavy (non-hydrogen) atoms. The second kappa shape index (κ2) is 6.77. The molecule has 0 unspecified atom stereocenters. The van der Waals surface area contributed by atoms with Crippen LogP contribution < -0.4 is 10.1 Å². The Hall–Kier alpha value is -1.80. The van der Waals surface area contributed by atoms with Crippen LogP contribution >= 0.6 is 0 Å². The van der Waals surface area contributed by atoms with E-state index in [1.807, 2.05) is 6.07 Å². The average molecular weight is 283 g/mol. The molecule has 0 bridgehead atoms. The van der Waals surface area contributed by atoms with Crippen molar-refractivity contribution in [1.29, 1.82) is 0 Å². The highest BCUT2D eigenvalue weighted by Crippen LogP contribution is 2.34. The maximum atomic E-state index is 5.55. The third kappa shape index (κ3) is 3.85. The van der Waals surface area contributed by atoms with E-state index in [9.17, 15) is 0 Å². The number of benzene rings is 2. The topological polar surface area (TPSA) is 21.3 Å². The zero-order valence-corrected chi connectivity index (χ0v) is 13.7. The molecule has 2 heteroatoms. The van der Waals surface area contributed by atoms with E-state index < -0.39 is 0 Å². The van der Waals surface area contributed by atoms with Gasteiger partial charge in [-0.2, -0.15) is 0 Å². The van der Waals surface area contributed by atoms with Crippen molar-refractivity contribution in [1.82, 2.24) is 5.32 Å². The molecule has 0 spiro atoms.